The summed E-state index contributed by atoms with van der Waals surface area (Å²) in [5.41, 5.74) is 0. The van der Waals surface area contributed by atoms with Crippen LogP contribution in [0, 0.1) is 11.5 Å². The second kappa shape index (κ2) is 9.61. The molecule has 0 amide bonds. The van der Waals surface area contributed by atoms with Gasteiger partial charge in [0.15, 0.2) is 0 Å². The van der Waals surface area contributed by atoms with Crippen LogP contribution in [0.1, 0.15) is 0 Å². The molecule has 0 rings (SSSR count). The van der Waals surface area contributed by atoms with Crippen molar-refractivity contribution in [2.45, 2.75) is 0 Å². The summed E-state index contributed by atoms with van der Waals surface area (Å²) in [5, 5.41) is 13.8. The van der Waals surface area contributed by atoms with E-state index in [2.05, 4.69) is 0 Å². The molecule has 2 nitrogen and oxygen atoms in total. The third-order valence-corrected chi connectivity index (χ3v) is 0. The first-order valence-electron chi connectivity index (χ1n) is 0.447. The number of aliphatic hydroxyl groups excluding tert-OH is 1. The molecule has 0 aromatic heterocycles. The molecule has 1 N–H and O–H groups in total. The number of rotatable bonds is 0. The van der Waals surface area contributed by atoms with Crippen LogP contribution >= 0.6 is 0 Å². The number of nitriles is 1. The van der Waals surface area contributed by atoms with Gasteiger partial charge < -0.3 is 5.11 Å². The van der Waals surface area contributed by atoms with E-state index in [1.165, 1.54) is 0 Å². The van der Waals surface area contributed by atoms with Gasteiger partial charge in [-0.25, -0.2) is 0 Å². The molecule has 4 heavy (non-hydrogen) atoms. The van der Waals surface area contributed by atoms with Crippen molar-refractivity contribution in [3.05, 3.63) is 0 Å². The molecule has 0 aliphatic rings. The van der Waals surface area contributed by atoms with E-state index in [4.69, 9.17) is 10.4 Å². The Labute approximate surface area is 54.0 Å². The van der Waals surface area contributed by atoms with Gasteiger partial charge in [0.25, 0.3) is 6.26 Å². The summed E-state index contributed by atoms with van der Waals surface area (Å²) in [5.74, 6) is 0. The molecule has 0 unspecified atom stereocenters. The third-order valence-electron chi connectivity index (χ3n) is 0. The van der Waals surface area contributed by atoms with Crippen LogP contribution in [0.2, 0.25) is 0 Å². The van der Waals surface area contributed by atoms with Crippen LogP contribution in [0.3, 0.4) is 0 Å². The average Bonchev–Trinajstić information content (AvgIpc) is 0.918. The minimum atomic E-state index is 0. The Morgan fingerprint density at radius 2 is 1.75 bits per heavy atom. The molecule has 0 bridgehead atoms. The molecule has 3 heteroatoms. The number of hydrogen-bond acceptors (Lipinski definition) is 2. The van der Waals surface area contributed by atoms with Gasteiger partial charge in [-0.1, -0.05) is 0 Å². The Kier molecular flexibility index (Phi) is 21.2. The van der Waals surface area contributed by atoms with Crippen LogP contribution in [0.25, 0.3) is 0 Å². The van der Waals surface area contributed by atoms with Crippen molar-refractivity contribution in [3.63, 3.8) is 0 Å². The molecule has 0 aromatic carbocycles. The summed E-state index contributed by atoms with van der Waals surface area (Å²) in [6.07, 6.45) is 0.750. The molecule has 0 atom stereocenters. The van der Waals surface area contributed by atoms with Crippen LogP contribution in [0.5, 0.6) is 0 Å². The van der Waals surface area contributed by atoms with E-state index >= 15 is 0 Å². The number of hydrogen-bond donors (Lipinski definition) is 1. The Morgan fingerprint density at radius 3 is 1.75 bits per heavy atom. The molecule has 0 fully saturated rings. The monoisotopic (exact) mass is 85.0 g/mol. The molecule has 20 valence electrons. The topological polar surface area (TPSA) is 44.0 Å². The predicted molar refractivity (Wildman–Crippen MR) is 16.1 cm³/mol. The third kappa shape index (κ3) is 20.3. The van der Waals surface area contributed by atoms with E-state index in [-0.39, 0.29) is 37.7 Å². The van der Waals surface area contributed by atoms with Crippen molar-refractivity contribution in [1.82, 2.24) is 0 Å². The van der Waals surface area contributed by atoms with Gasteiger partial charge in [-0.2, -0.15) is 5.26 Å². The van der Waals surface area contributed by atoms with E-state index in [0.29, 0.717) is 0 Å². The van der Waals surface area contributed by atoms with Crippen LogP contribution in [0.4, 0.5) is 0 Å². The van der Waals surface area contributed by atoms with Crippen molar-refractivity contribution in [2.75, 3.05) is 0 Å². The van der Waals surface area contributed by atoms with Gasteiger partial charge in [-0.05, 0) is 0 Å². The van der Waals surface area contributed by atoms with E-state index in [0.717, 1.165) is 6.26 Å². The van der Waals surface area contributed by atoms with E-state index < -0.39 is 0 Å². The minimum absolute atomic E-state index is 0. The number of aliphatic hydroxyl groups is 1. The maximum atomic E-state index is 6.88. The fraction of sp³-hybridized carbons (Fsp3) is 0. The molecular weight excluding hydrogens is 82.1 g/mol. The van der Waals surface area contributed by atoms with Crippen molar-refractivity contribution in [1.29, 1.82) is 5.26 Å². The first-order chi connectivity index (χ1) is 1.41. The summed E-state index contributed by atoms with van der Waals surface area (Å²) < 4.78 is 0. The Morgan fingerprint density at radius 1 is 1.75 bits per heavy atom. The zero-order chi connectivity index (χ0) is 2.71. The summed E-state index contributed by atoms with van der Waals surface area (Å²) in [7, 11) is 0. The molecular formula is CH3CaNO. The molecule has 0 saturated heterocycles. The van der Waals surface area contributed by atoms with E-state index in [1.807, 2.05) is 0 Å². The predicted octanol–water partition coefficient (Wildman–Crippen LogP) is -1.08. The van der Waals surface area contributed by atoms with E-state index in [9.17, 15) is 0 Å². The Balaban J connectivity index is 0. The zero-order valence-corrected chi connectivity index (χ0v) is 1.39. The second-order valence-electron chi connectivity index (χ2n) is 0.100. The fourth-order valence-corrected chi connectivity index (χ4v) is 0. The van der Waals surface area contributed by atoms with Crippen LogP contribution in [-0.4, -0.2) is 42.8 Å². The van der Waals surface area contributed by atoms with Crippen LogP contribution in [0.15, 0.2) is 0 Å². The molecule has 0 radical (unpaired) electrons. The molecule has 0 aromatic rings. The van der Waals surface area contributed by atoms with Gasteiger partial charge in [0.1, 0.15) is 0 Å². The van der Waals surface area contributed by atoms with Gasteiger partial charge in [-0.3, -0.25) is 0 Å². The van der Waals surface area contributed by atoms with Gasteiger partial charge in [-0.15, -0.1) is 0 Å². The zero-order valence-electron chi connectivity index (χ0n) is 1.39. The Hall–Kier alpha value is 0.550. The molecule has 0 spiro atoms. The summed E-state index contributed by atoms with van der Waals surface area (Å²) in [6, 6.07) is 0. The number of nitrogens with zero attached hydrogens (tertiary/aromatic N) is 1. The van der Waals surface area contributed by atoms with Gasteiger partial charge >= 0.3 is 37.7 Å². The standard InChI is InChI=1S/CHNO.Ca.2H/c2-1-3;;;/h3H;;;. The molecule has 0 aliphatic carbocycles. The van der Waals surface area contributed by atoms with Crippen LogP contribution < -0.4 is 0 Å². The first-order valence-corrected chi connectivity index (χ1v) is 0.447. The normalized spacial score (nSPS) is 1.75. The van der Waals surface area contributed by atoms with Crippen molar-refractivity contribution >= 4 is 37.7 Å². The molecule has 0 aliphatic heterocycles. The summed E-state index contributed by atoms with van der Waals surface area (Å²) in [4.78, 5) is 0. The van der Waals surface area contributed by atoms with Crippen molar-refractivity contribution < 1.29 is 5.11 Å². The fourth-order valence-electron chi connectivity index (χ4n) is 0. The quantitative estimate of drug-likeness (QED) is 0.300. The van der Waals surface area contributed by atoms with Crippen molar-refractivity contribution in [2.24, 2.45) is 0 Å². The van der Waals surface area contributed by atoms with Crippen LogP contribution in [-0.2, 0) is 0 Å². The summed E-state index contributed by atoms with van der Waals surface area (Å²) >= 11 is 0. The first kappa shape index (κ1) is 8.82. The average molecular weight is 85.1 g/mol. The second-order valence-corrected chi connectivity index (χ2v) is 0.100. The van der Waals surface area contributed by atoms with Gasteiger partial charge in [0.05, 0.1) is 0 Å². The molecule has 0 heterocycles. The van der Waals surface area contributed by atoms with Gasteiger partial charge in [0, 0.05) is 0 Å². The van der Waals surface area contributed by atoms with E-state index in [1.54, 1.807) is 0 Å². The maximum absolute atomic E-state index is 6.88. The SMILES string of the molecule is N#CO.[CaH2]. The molecule has 0 saturated carbocycles. The Bertz CT molecular complexity index is 29.5. The summed E-state index contributed by atoms with van der Waals surface area (Å²) in [6.45, 7) is 0. The van der Waals surface area contributed by atoms with Gasteiger partial charge in [0.2, 0.25) is 0 Å². The van der Waals surface area contributed by atoms with Crippen molar-refractivity contribution in [3.8, 4) is 6.26 Å².